The molecule has 0 N–H and O–H groups in total. The van der Waals surface area contributed by atoms with Crippen LogP contribution in [0.5, 0.6) is 0 Å². The van der Waals surface area contributed by atoms with E-state index in [9.17, 15) is 28.8 Å². The van der Waals surface area contributed by atoms with Gasteiger partial charge in [0.05, 0.1) is 46.6 Å². The Hall–Kier alpha value is -4.34. The maximum atomic E-state index is 12.2. The molecule has 234 valence electrons. The minimum absolute atomic E-state index is 0.102. The molecule has 2 aliphatic heterocycles. The highest BCUT2D eigenvalue weighted by atomic mass is 16.6. The normalized spacial score (nSPS) is 13.4. The van der Waals surface area contributed by atoms with Crippen molar-refractivity contribution in [2.45, 2.75) is 89.9 Å². The molecule has 4 rings (SSSR count). The van der Waals surface area contributed by atoms with Gasteiger partial charge in [-0.25, -0.2) is 28.8 Å². The Morgan fingerprint density at radius 1 is 0.432 bits per heavy atom. The third-order valence-corrected chi connectivity index (χ3v) is 7.77. The summed E-state index contributed by atoms with van der Waals surface area (Å²) in [7, 11) is 0. The second-order valence-corrected chi connectivity index (χ2v) is 11.1. The fraction of sp³-hybridized carbons (Fsp3) is 0.471. The molecule has 0 spiro atoms. The average Bonchev–Trinajstić information content (AvgIpc) is 3.48. The van der Waals surface area contributed by atoms with Crippen molar-refractivity contribution >= 4 is 35.8 Å². The summed E-state index contributed by atoms with van der Waals surface area (Å²) in [4.78, 5) is 70.7. The highest BCUT2D eigenvalue weighted by Crippen LogP contribution is 2.23. The number of unbranched alkanes of at least 4 members (excludes halogenated alkanes) is 13. The summed E-state index contributed by atoms with van der Waals surface area (Å²) < 4.78 is 19.7. The molecule has 0 aliphatic carbocycles. The van der Waals surface area contributed by atoms with E-state index >= 15 is 0 Å². The van der Waals surface area contributed by atoms with Gasteiger partial charge in [-0.1, -0.05) is 77.0 Å². The minimum atomic E-state index is -0.738. The van der Waals surface area contributed by atoms with Gasteiger partial charge in [-0.05, 0) is 49.2 Å². The highest BCUT2D eigenvalue weighted by Gasteiger charge is 2.31. The lowest BCUT2D eigenvalue weighted by atomic mass is 10.0. The summed E-state index contributed by atoms with van der Waals surface area (Å²) >= 11 is 0. The molecule has 10 nitrogen and oxygen atoms in total. The molecule has 0 radical (unpaired) electrons. The number of hydrogen-bond donors (Lipinski definition) is 0. The van der Waals surface area contributed by atoms with E-state index in [4.69, 9.17) is 9.47 Å². The quantitative estimate of drug-likeness (QED) is 0.0727. The first-order chi connectivity index (χ1) is 21.3. The van der Waals surface area contributed by atoms with Gasteiger partial charge < -0.3 is 18.9 Å². The standard InChI is InChI=1S/C34H38O10/c35-29(23-15-17-25-27(21-23)33(39)43-31(25)37)41-19-13-11-9-7-5-3-1-2-4-6-8-10-12-14-20-42-30(36)24-16-18-26-28(22-24)34(40)44-32(26)38/h15-18,21-22H,1-14,19-20H2. The van der Waals surface area contributed by atoms with Crippen LogP contribution >= 0.6 is 0 Å². The van der Waals surface area contributed by atoms with Crippen LogP contribution < -0.4 is 0 Å². The molecule has 0 unspecified atom stereocenters. The van der Waals surface area contributed by atoms with E-state index in [1.165, 1.54) is 74.9 Å². The van der Waals surface area contributed by atoms with Gasteiger partial charge in [0.15, 0.2) is 0 Å². The molecule has 0 amide bonds. The van der Waals surface area contributed by atoms with E-state index in [0.29, 0.717) is 13.2 Å². The minimum Gasteiger partial charge on any atom is -0.462 e. The lowest BCUT2D eigenvalue weighted by molar-refractivity contribution is 0.0425. The van der Waals surface area contributed by atoms with Gasteiger partial charge in [-0.2, -0.15) is 0 Å². The molecule has 44 heavy (non-hydrogen) atoms. The maximum Gasteiger partial charge on any atom is 0.346 e. The van der Waals surface area contributed by atoms with Crippen molar-refractivity contribution < 1.29 is 47.7 Å². The van der Waals surface area contributed by atoms with Crippen LogP contribution in [-0.4, -0.2) is 49.0 Å². The van der Waals surface area contributed by atoms with Crippen LogP contribution in [0.2, 0.25) is 0 Å². The number of esters is 6. The predicted octanol–water partition coefficient (Wildman–Crippen LogP) is 6.78. The number of carbonyl (C=O) groups is 6. The van der Waals surface area contributed by atoms with E-state index < -0.39 is 35.8 Å². The number of fused-ring (bicyclic) bond motifs is 2. The van der Waals surface area contributed by atoms with Crippen LogP contribution in [0.3, 0.4) is 0 Å². The zero-order valence-electron chi connectivity index (χ0n) is 24.9. The lowest BCUT2D eigenvalue weighted by Crippen LogP contribution is -2.08. The Bertz CT molecular complexity index is 1290. The number of hydrogen-bond acceptors (Lipinski definition) is 10. The van der Waals surface area contributed by atoms with Crippen molar-refractivity contribution in [1.29, 1.82) is 0 Å². The van der Waals surface area contributed by atoms with Gasteiger partial charge in [0.25, 0.3) is 0 Å². The molecule has 0 fully saturated rings. The van der Waals surface area contributed by atoms with Crippen molar-refractivity contribution in [3.8, 4) is 0 Å². The van der Waals surface area contributed by atoms with E-state index in [-0.39, 0.29) is 33.4 Å². The van der Waals surface area contributed by atoms with Gasteiger partial charge in [0.2, 0.25) is 0 Å². The van der Waals surface area contributed by atoms with Crippen LogP contribution in [0.15, 0.2) is 36.4 Å². The average molecular weight is 607 g/mol. The van der Waals surface area contributed by atoms with Crippen LogP contribution in [0.4, 0.5) is 0 Å². The van der Waals surface area contributed by atoms with Crippen molar-refractivity contribution in [3.05, 3.63) is 69.8 Å². The van der Waals surface area contributed by atoms with Crippen molar-refractivity contribution in [2.75, 3.05) is 13.2 Å². The molecule has 0 saturated heterocycles. The predicted molar refractivity (Wildman–Crippen MR) is 158 cm³/mol. The second-order valence-electron chi connectivity index (χ2n) is 11.1. The van der Waals surface area contributed by atoms with Crippen LogP contribution in [0.1, 0.15) is 152 Å². The monoisotopic (exact) mass is 606 g/mol. The number of benzene rings is 2. The number of rotatable bonds is 19. The first-order valence-corrected chi connectivity index (χ1v) is 15.5. The largest absolute Gasteiger partial charge is 0.462 e. The molecule has 10 heteroatoms. The van der Waals surface area contributed by atoms with Gasteiger partial charge in [0.1, 0.15) is 0 Å². The number of carbonyl (C=O) groups excluding carboxylic acids is 6. The van der Waals surface area contributed by atoms with Gasteiger partial charge in [-0.3, -0.25) is 0 Å². The summed E-state index contributed by atoms with van der Waals surface area (Å²) in [5, 5.41) is 0. The molecule has 0 atom stereocenters. The molecule has 2 aliphatic rings. The summed E-state index contributed by atoms with van der Waals surface area (Å²) in [6, 6.07) is 8.46. The topological polar surface area (TPSA) is 139 Å². The molecule has 2 aromatic rings. The molecule has 2 aromatic carbocycles. The van der Waals surface area contributed by atoms with E-state index in [2.05, 4.69) is 9.47 Å². The Balaban J connectivity index is 0.902. The van der Waals surface area contributed by atoms with Gasteiger partial charge >= 0.3 is 35.8 Å². The summed E-state index contributed by atoms with van der Waals surface area (Å²) in [6.45, 7) is 0.645. The Kier molecular flexibility index (Phi) is 12.2. The van der Waals surface area contributed by atoms with Crippen molar-refractivity contribution in [3.63, 3.8) is 0 Å². The lowest BCUT2D eigenvalue weighted by Gasteiger charge is -2.06. The number of ether oxygens (including phenoxy) is 4. The van der Waals surface area contributed by atoms with E-state index in [1.807, 2.05) is 0 Å². The first kappa shape index (κ1) is 32.6. The van der Waals surface area contributed by atoms with Gasteiger partial charge in [0, 0.05) is 0 Å². The molecule has 0 bridgehead atoms. The summed E-state index contributed by atoms with van der Waals surface area (Å²) in [6.07, 6.45) is 15.4. The van der Waals surface area contributed by atoms with Crippen molar-refractivity contribution in [2.24, 2.45) is 0 Å². The second kappa shape index (κ2) is 16.5. The van der Waals surface area contributed by atoms with Crippen molar-refractivity contribution in [1.82, 2.24) is 0 Å². The molecular weight excluding hydrogens is 568 g/mol. The van der Waals surface area contributed by atoms with E-state index in [1.54, 1.807) is 0 Å². The summed E-state index contributed by atoms with van der Waals surface area (Å²) in [5.41, 5.74) is 1.02. The van der Waals surface area contributed by atoms with Crippen LogP contribution in [-0.2, 0) is 18.9 Å². The smallest absolute Gasteiger partial charge is 0.346 e. The molecule has 2 heterocycles. The first-order valence-electron chi connectivity index (χ1n) is 15.5. The zero-order valence-corrected chi connectivity index (χ0v) is 24.9. The fourth-order valence-electron chi connectivity index (χ4n) is 5.25. The maximum absolute atomic E-state index is 12.2. The number of cyclic esters (lactones) is 4. The van der Waals surface area contributed by atoms with Crippen LogP contribution in [0.25, 0.3) is 0 Å². The Morgan fingerprint density at radius 3 is 1.07 bits per heavy atom. The molecule has 0 aromatic heterocycles. The zero-order chi connectivity index (χ0) is 31.3. The van der Waals surface area contributed by atoms with Gasteiger partial charge in [-0.15, -0.1) is 0 Å². The molecular formula is C34H38O10. The Morgan fingerprint density at radius 2 is 0.727 bits per heavy atom. The third-order valence-electron chi connectivity index (χ3n) is 7.77. The third kappa shape index (κ3) is 9.08. The summed E-state index contributed by atoms with van der Waals surface area (Å²) in [5.74, 6) is -3.88. The fourth-order valence-corrected chi connectivity index (χ4v) is 5.25. The SMILES string of the molecule is O=C(OCCCCCCCCCCCCCCCCOC(=O)c1ccc2c(c1)C(=O)OC2=O)c1ccc2c(c1)C(=O)OC2=O. The highest BCUT2D eigenvalue weighted by molar-refractivity contribution is 6.16. The Labute approximate surface area is 256 Å². The van der Waals surface area contributed by atoms with Crippen LogP contribution in [0, 0.1) is 0 Å². The molecule has 0 saturated carbocycles. The van der Waals surface area contributed by atoms with E-state index in [0.717, 1.165) is 51.4 Å².